The van der Waals surface area contributed by atoms with Crippen molar-refractivity contribution < 1.29 is 13.9 Å². The number of Topliss-reactive ketones (excluding diaryl/α,β-unsaturated/α-hetero) is 1. The van der Waals surface area contributed by atoms with Crippen LogP contribution in [0.4, 0.5) is 4.39 Å². The molecule has 1 aromatic carbocycles. The molecule has 3 heteroatoms. The summed E-state index contributed by atoms with van der Waals surface area (Å²) in [5.41, 5.74) is 1.14. The highest BCUT2D eigenvalue weighted by atomic mass is 19.1. The summed E-state index contributed by atoms with van der Waals surface area (Å²) in [5.74, 6) is -0.517. The normalized spacial score (nSPS) is 19.1. The summed E-state index contributed by atoms with van der Waals surface area (Å²) in [4.78, 5) is 11.9. The fraction of sp³-hybridized carbons (Fsp3) is 0.533. The van der Waals surface area contributed by atoms with Crippen LogP contribution in [0.25, 0.3) is 0 Å². The van der Waals surface area contributed by atoms with Crippen molar-refractivity contribution in [3.8, 4) is 0 Å². The summed E-state index contributed by atoms with van der Waals surface area (Å²) in [6, 6.07) is 4.67. The first kappa shape index (κ1) is 13.2. The van der Waals surface area contributed by atoms with Gasteiger partial charge in [-0.25, -0.2) is 4.39 Å². The zero-order chi connectivity index (χ0) is 13.0. The molecule has 0 N–H and O–H groups in total. The molecule has 1 saturated heterocycles. The van der Waals surface area contributed by atoms with Gasteiger partial charge >= 0.3 is 0 Å². The van der Waals surface area contributed by atoms with E-state index in [1.54, 1.807) is 12.1 Å². The van der Waals surface area contributed by atoms with Gasteiger partial charge in [0.1, 0.15) is 5.82 Å². The lowest BCUT2D eigenvalue weighted by molar-refractivity contribution is 0.0920. The van der Waals surface area contributed by atoms with Crippen molar-refractivity contribution in [1.82, 2.24) is 0 Å². The molecule has 2 rings (SSSR count). The van der Waals surface area contributed by atoms with Crippen LogP contribution in [0.5, 0.6) is 0 Å². The number of benzene rings is 1. The average molecular weight is 250 g/mol. The van der Waals surface area contributed by atoms with E-state index in [-0.39, 0.29) is 11.3 Å². The number of ether oxygens (including phenoxy) is 1. The molecule has 0 aromatic heterocycles. The van der Waals surface area contributed by atoms with E-state index in [9.17, 15) is 9.18 Å². The predicted molar refractivity (Wildman–Crippen MR) is 68.3 cm³/mol. The van der Waals surface area contributed by atoms with Crippen molar-refractivity contribution in [2.45, 2.75) is 45.1 Å². The molecule has 0 bridgehead atoms. The van der Waals surface area contributed by atoms with Crippen LogP contribution in [-0.4, -0.2) is 18.5 Å². The molecule has 1 unspecified atom stereocenters. The molecule has 98 valence electrons. The molecule has 18 heavy (non-hydrogen) atoms. The zero-order valence-electron chi connectivity index (χ0n) is 10.7. The van der Waals surface area contributed by atoms with Gasteiger partial charge in [0.25, 0.3) is 0 Å². The Bertz CT molecular complexity index is 423. The number of hydrogen-bond donors (Lipinski definition) is 0. The highest BCUT2D eigenvalue weighted by Crippen LogP contribution is 2.19. The topological polar surface area (TPSA) is 26.3 Å². The largest absolute Gasteiger partial charge is 0.378 e. The van der Waals surface area contributed by atoms with Gasteiger partial charge in [0.2, 0.25) is 0 Å². The summed E-state index contributed by atoms with van der Waals surface area (Å²) in [6.07, 6.45) is 4.59. The average Bonchev–Trinajstić information content (AvgIpc) is 2.85. The maximum Gasteiger partial charge on any atom is 0.165 e. The third-order valence-electron chi connectivity index (χ3n) is 3.38. The summed E-state index contributed by atoms with van der Waals surface area (Å²) in [5, 5.41) is 0. The number of carbonyl (C=O) groups is 1. The molecule has 2 nitrogen and oxygen atoms in total. The minimum atomic E-state index is -0.414. The summed E-state index contributed by atoms with van der Waals surface area (Å²) < 4.78 is 19.0. The van der Waals surface area contributed by atoms with Gasteiger partial charge in [-0.15, -0.1) is 0 Å². The number of rotatable bonds is 5. The van der Waals surface area contributed by atoms with E-state index in [1.807, 2.05) is 6.92 Å². The van der Waals surface area contributed by atoms with Gasteiger partial charge in [-0.05, 0) is 44.7 Å². The second kappa shape index (κ2) is 6.10. The fourth-order valence-electron chi connectivity index (χ4n) is 2.35. The lowest BCUT2D eigenvalue weighted by atomic mass is 10.0. The van der Waals surface area contributed by atoms with Crippen LogP contribution in [0.3, 0.4) is 0 Å². The predicted octanol–water partition coefficient (Wildman–Crippen LogP) is 3.67. The van der Waals surface area contributed by atoms with E-state index in [0.717, 1.165) is 37.9 Å². The van der Waals surface area contributed by atoms with Gasteiger partial charge in [0.15, 0.2) is 5.78 Å². The van der Waals surface area contributed by atoms with Crippen LogP contribution < -0.4 is 0 Å². The maximum atomic E-state index is 13.5. The van der Waals surface area contributed by atoms with Crippen molar-refractivity contribution in [2.75, 3.05) is 6.61 Å². The van der Waals surface area contributed by atoms with Crippen molar-refractivity contribution >= 4 is 5.78 Å². The fourth-order valence-corrected chi connectivity index (χ4v) is 2.35. The quantitative estimate of drug-likeness (QED) is 0.745. The second-order valence-electron chi connectivity index (χ2n) is 4.93. The van der Waals surface area contributed by atoms with Crippen LogP contribution in [0.1, 0.15) is 48.0 Å². The molecular formula is C15H19FO2. The molecule has 0 amide bonds. The van der Waals surface area contributed by atoms with E-state index in [1.165, 1.54) is 6.07 Å². The van der Waals surface area contributed by atoms with Crippen LogP contribution in [0, 0.1) is 12.7 Å². The Morgan fingerprint density at radius 2 is 2.33 bits per heavy atom. The number of hydrogen-bond acceptors (Lipinski definition) is 2. The lowest BCUT2D eigenvalue weighted by Crippen LogP contribution is -2.07. The van der Waals surface area contributed by atoms with Gasteiger partial charge in [-0.1, -0.05) is 11.6 Å². The summed E-state index contributed by atoms with van der Waals surface area (Å²) in [6.45, 7) is 2.70. The molecule has 1 aliphatic rings. The molecule has 0 spiro atoms. The van der Waals surface area contributed by atoms with E-state index < -0.39 is 5.82 Å². The molecule has 1 aliphatic heterocycles. The van der Waals surface area contributed by atoms with Gasteiger partial charge in [-0.3, -0.25) is 4.79 Å². The molecule has 1 heterocycles. The van der Waals surface area contributed by atoms with Crippen LogP contribution >= 0.6 is 0 Å². The first-order valence-electron chi connectivity index (χ1n) is 6.58. The minimum Gasteiger partial charge on any atom is -0.378 e. The number of aryl methyl sites for hydroxylation is 1. The van der Waals surface area contributed by atoms with Crippen molar-refractivity contribution in [2.24, 2.45) is 0 Å². The number of carbonyl (C=O) groups excluding carboxylic acids is 1. The smallest absolute Gasteiger partial charge is 0.165 e. The Labute approximate surface area is 107 Å². The highest BCUT2D eigenvalue weighted by molar-refractivity contribution is 5.96. The minimum absolute atomic E-state index is 0.103. The third kappa shape index (κ3) is 3.39. The van der Waals surface area contributed by atoms with Crippen molar-refractivity contribution in [1.29, 1.82) is 0 Å². The molecule has 0 aliphatic carbocycles. The van der Waals surface area contributed by atoms with Gasteiger partial charge in [0, 0.05) is 13.0 Å². The molecular weight excluding hydrogens is 231 g/mol. The molecule has 0 radical (unpaired) electrons. The summed E-state index contributed by atoms with van der Waals surface area (Å²) >= 11 is 0. The van der Waals surface area contributed by atoms with Gasteiger partial charge < -0.3 is 4.74 Å². The zero-order valence-corrected chi connectivity index (χ0v) is 10.7. The van der Waals surface area contributed by atoms with Crippen LogP contribution in [0.2, 0.25) is 0 Å². The molecule has 0 saturated carbocycles. The first-order chi connectivity index (χ1) is 8.66. The van der Waals surface area contributed by atoms with E-state index in [2.05, 4.69) is 0 Å². The third-order valence-corrected chi connectivity index (χ3v) is 3.38. The molecule has 1 aromatic rings. The Morgan fingerprint density at radius 3 is 3.06 bits per heavy atom. The molecule has 1 fully saturated rings. The monoisotopic (exact) mass is 250 g/mol. The van der Waals surface area contributed by atoms with Crippen molar-refractivity contribution in [3.05, 3.63) is 35.1 Å². The Morgan fingerprint density at radius 1 is 1.50 bits per heavy atom. The standard InChI is InChI=1S/C15H19FO2/c1-11-7-8-14(16)13(10-11)15(17)6-2-4-12-5-3-9-18-12/h7-8,10,12H,2-6,9H2,1H3. The maximum absolute atomic E-state index is 13.5. The Kier molecular flexibility index (Phi) is 4.48. The lowest BCUT2D eigenvalue weighted by Gasteiger charge is -2.08. The van der Waals surface area contributed by atoms with E-state index in [0.29, 0.717) is 12.5 Å². The number of halogens is 1. The first-order valence-corrected chi connectivity index (χ1v) is 6.58. The number of ketones is 1. The molecule has 1 atom stereocenters. The van der Waals surface area contributed by atoms with Crippen molar-refractivity contribution in [3.63, 3.8) is 0 Å². The van der Waals surface area contributed by atoms with E-state index >= 15 is 0 Å². The van der Waals surface area contributed by atoms with Gasteiger partial charge in [0.05, 0.1) is 11.7 Å². The SMILES string of the molecule is Cc1ccc(F)c(C(=O)CCCC2CCCO2)c1. The van der Waals surface area contributed by atoms with Crippen LogP contribution in [-0.2, 0) is 4.74 Å². The highest BCUT2D eigenvalue weighted by Gasteiger charge is 2.17. The van der Waals surface area contributed by atoms with E-state index in [4.69, 9.17) is 4.74 Å². The summed E-state index contributed by atoms with van der Waals surface area (Å²) in [7, 11) is 0. The van der Waals surface area contributed by atoms with Gasteiger partial charge in [-0.2, -0.15) is 0 Å². The van der Waals surface area contributed by atoms with Crippen LogP contribution in [0.15, 0.2) is 18.2 Å². The Hall–Kier alpha value is -1.22. The second-order valence-corrected chi connectivity index (χ2v) is 4.93. The Balaban J connectivity index is 1.85.